The third kappa shape index (κ3) is 8.78. The number of nitrogen functional groups attached to an aromatic ring is 1. The van der Waals surface area contributed by atoms with Crippen molar-refractivity contribution >= 4 is 47.5 Å². The van der Waals surface area contributed by atoms with E-state index in [1.807, 2.05) is 79.7 Å². The number of aldehydes is 1. The zero-order chi connectivity index (χ0) is 43.4. The Morgan fingerprint density at radius 3 is 2.24 bits per heavy atom. The molecule has 1 atom stereocenters. The molecule has 8 rings (SSSR count). The molecule has 3 heterocycles. The van der Waals surface area contributed by atoms with E-state index in [2.05, 4.69) is 30.4 Å². The van der Waals surface area contributed by atoms with E-state index in [-0.39, 0.29) is 30.4 Å². The minimum absolute atomic E-state index is 0.0598. The minimum Gasteiger partial charge on any atom is -0.457 e. The van der Waals surface area contributed by atoms with Gasteiger partial charge in [-0.05, 0) is 143 Å². The molecule has 0 bridgehead atoms. The summed E-state index contributed by atoms with van der Waals surface area (Å²) < 4.78 is 5.94. The number of hydrogen-bond donors (Lipinski definition) is 4. The van der Waals surface area contributed by atoms with Gasteiger partial charge in [-0.15, -0.1) is 0 Å². The Bertz CT molecular complexity index is 2270. The van der Waals surface area contributed by atoms with Crippen molar-refractivity contribution in [2.45, 2.75) is 89.3 Å². The van der Waals surface area contributed by atoms with E-state index < -0.39 is 17.9 Å². The van der Waals surface area contributed by atoms with Crippen molar-refractivity contribution in [2.24, 2.45) is 10.8 Å². The lowest BCUT2D eigenvalue weighted by Crippen LogP contribution is -2.59. The lowest BCUT2D eigenvalue weighted by atomic mass is 9.57. The number of aryl methyl sites for hydroxylation is 1. The fourth-order valence-corrected chi connectivity index (χ4v) is 10.3. The number of benzene rings is 3. The Labute approximate surface area is 363 Å². The van der Waals surface area contributed by atoms with Crippen molar-refractivity contribution in [3.05, 3.63) is 101 Å². The number of anilines is 3. The molecule has 4 aromatic rings. The number of para-hydroxylation sites is 1. The number of ether oxygens (including phenoxy) is 1. The zero-order valence-corrected chi connectivity index (χ0v) is 35.6. The number of nitrogens with one attached hydrogen (secondary N) is 3. The monoisotopic (exact) mass is 839 g/mol. The minimum atomic E-state index is -1.06. The topological polar surface area (TPSA) is 187 Å². The number of aromatic nitrogens is 2. The maximum Gasteiger partial charge on any atom is 0.261 e. The summed E-state index contributed by atoms with van der Waals surface area (Å²) in [6, 6.07) is 22.6. The first-order valence-electron chi connectivity index (χ1n) is 21.9. The number of carbonyl (C=O) groups excluding carboxylic acids is 4. The molecule has 1 unspecified atom stereocenters. The smallest absolute Gasteiger partial charge is 0.261 e. The van der Waals surface area contributed by atoms with Crippen LogP contribution in [-0.2, 0) is 14.4 Å². The molecule has 2 aliphatic heterocycles. The summed E-state index contributed by atoms with van der Waals surface area (Å²) in [5, 5.41) is 15.2. The first-order chi connectivity index (χ1) is 30.0. The largest absolute Gasteiger partial charge is 0.457 e. The van der Waals surface area contributed by atoms with Crippen molar-refractivity contribution in [3.63, 3.8) is 0 Å². The van der Waals surface area contributed by atoms with E-state index in [1.165, 1.54) is 39.1 Å². The van der Waals surface area contributed by atoms with Gasteiger partial charge in [0.2, 0.25) is 12.3 Å². The molecule has 324 valence electrons. The number of piperidine rings is 2. The Kier molecular flexibility index (Phi) is 12.4. The standard InChI is InChI=1S/C48H57N9O5/c1-32-10-13-35(25-39(32)46(61)57(31-59)40(9-6-24-58)45(60)51-2)55-20-18-48(19-21-55)28-36(29-48)56-22-16-47(17-23-56)26-34(27-47)54-44-41(43(50)52-30-53-44)42(49)33-11-14-38(15-12-33)62-37-7-4-3-5-8-37/h3-5,7-8,10-15,24-25,30-31,34,36,40,49H,6,9,16-23,26-29H2,1-2H3,(H,51,60)(H3,50,52,53,54). The quantitative estimate of drug-likeness (QED) is 0.0770. The summed E-state index contributed by atoms with van der Waals surface area (Å²) in [6.07, 6.45) is 11.8. The summed E-state index contributed by atoms with van der Waals surface area (Å²) in [4.78, 5) is 64.2. The van der Waals surface area contributed by atoms with Gasteiger partial charge in [0, 0.05) is 55.5 Å². The second-order valence-electron chi connectivity index (χ2n) is 17.8. The fourth-order valence-electron chi connectivity index (χ4n) is 10.3. The van der Waals surface area contributed by atoms with Gasteiger partial charge in [-0.3, -0.25) is 24.7 Å². The SMILES string of the molecule is CNC(=O)C(CCC=O)N(C=O)C(=O)c1cc(N2CCC3(CC2)CC(N2CCC4(CC2)CC(Nc2ncnc(N)c2C(=N)c2ccc(Oc5ccccc5)cc2)C4)C3)ccc1C. The molecule has 2 saturated heterocycles. The lowest BCUT2D eigenvalue weighted by molar-refractivity contribution is -0.131. The van der Waals surface area contributed by atoms with Crippen molar-refractivity contribution in [1.82, 2.24) is 25.1 Å². The first kappa shape index (κ1) is 42.5. The molecule has 3 aromatic carbocycles. The lowest BCUT2D eigenvalue weighted by Gasteiger charge is -2.59. The van der Waals surface area contributed by atoms with Gasteiger partial charge in [-0.2, -0.15) is 0 Å². The number of nitrogens with two attached hydrogens (primary N) is 1. The van der Waals surface area contributed by atoms with Gasteiger partial charge in [0.05, 0.1) is 11.3 Å². The van der Waals surface area contributed by atoms with Crippen LogP contribution >= 0.6 is 0 Å². The van der Waals surface area contributed by atoms with Crippen LogP contribution in [0, 0.1) is 23.2 Å². The van der Waals surface area contributed by atoms with E-state index in [4.69, 9.17) is 15.9 Å². The van der Waals surface area contributed by atoms with Crippen molar-refractivity contribution in [1.29, 1.82) is 5.41 Å². The van der Waals surface area contributed by atoms with E-state index >= 15 is 0 Å². The number of likely N-dealkylation sites (N-methyl/N-ethyl adjacent to an activating group) is 1. The predicted octanol–water partition coefficient (Wildman–Crippen LogP) is 6.37. The second kappa shape index (κ2) is 18.1. The summed E-state index contributed by atoms with van der Waals surface area (Å²) in [7, 11) is 1.45. The van der Waals surface area contributed by atoms with Crippen LogP contribution in [0.4, 0.5) is 17.3 Å². The van der Waals surface area contributed by atoms with Crippen molar-refractivity contribution in [2.75, 3.05) is 49.2 Å². The molecule has 2 spiro atoms. The summed E-state index contributed by atoms with van der Waals surface area (Å²) in [6.45, 7) is 5.86. The first-order valence-corrected chi connectivity index (χ1v) is 21.9. The average molecular weight is 840 g/mol. The molecule has 14 nitrogen and oxygen atoms in total. The summed E-state index contributed by atoms with van der Waals surface area (Å²) >= 11 is 0. The van der Waals surface area contributed by atoms with E-state index in [1.54, 1.807) is 0 Å². The highest BCUT2D eigenvalue weighted by Gasteiger charge is 2.51. The highest BCUT2D eigenvalue weighted by molar-refractivity contribution is 6.16. The van der Waals surface area contributed by atoms with Crippen LogP contribution in [-0.4, -0.2) is 101 Å². The average Bonchev–Trinajstić information content (AvgIpc) is 3.27. The molecular weight excluding hydrogens is 783 g/mol. The number of rotatable bonds is 15. The summed E-state index contributed by atoms with van der Waals surface area (Å²) in [5.41, 5.74) is 10.6. The van der Waals surface area contributed by atoms with Crippen LogP contribution in [0.1, 0.15) is 91.3 Å². The molecule has 1 aromatic heterocycles. The van der Waals surface area contributed by atoms with Gasteiger partial charge >= 0.3 is 0 Å². The number of hydrogen-bond acceptors (Lipinski definition) is 12. The summed E-state index contributed by atoms with van der Waals surface area (Å²) in [5.74, 6) is 1.30. The number of imide groups is 1. The maximum atomic E-state index is 13.7. The Morgan fingerprint density at radius 1 is 0.919 bits per heavy atom. The third-order valence-electron chi connectivity index (χ3n) is 14.1. The fraction of sp³-hybridized carbons (Fsp3) is 0.438. The second-order valence-corrected chi connectivity index (χ2v) is 17.8. The van der Waals surface area contributed by atoms with Crippen LogP contribution in [0.25, 0.3) is 0 Å². The van der Waals surface area contributed by atoms with E-state index in [0.29, 0.717) is 57.8 Å². The van der Waals surface area contributed by atoms with Crippen molar-refractivity contribution < 1.29 is 23.9 Å². The number of likely N-dealkylation sites (tertiary alicyclic amines) is 1. The van der Waals surface area contributed by atoms with E-state index in [9.17, 15) is 19.2 Å². The molecule has 2 saturated carbocycles. The van der Waals surface area contributed by atoms with E-state index in [0.717, 1.165) is 73.8 Å². The molecule has 2 aliphatic carbocycles. The third-order valence-corrected chi connectivity index (χ3v) is 14.1. The van der Waals surface area contributed by atoms with Crippen LogP contribution in [0.3, 0.4) is 0 Å². The van der Waals surface area contributed by atoms with Gasteiger partial charge in [0.15, 0.2) is 0 Å². The van der Waals surface area contributed by atoms with Crippen LogP contribution in [0.5, 0.6) is 11.5 Å². The highest BCUT2D eigenvalue weighted by Crippen LogP contribution is 2.55. The predicted molar refractivity (Wildman–Crippen MR) is 239 cm³/mol. The Morgan fingerprint density at radius 2 is 1.58 bits per heavy atom. The van der Waals surface area contributed by atoms with Crippen LogP contribution in [0.15, 0.2) is 79.1 Å². The highest BCUT2D eigenvalue weighted by atomic mass is 16.5. The Hall–Kier alpha value is -6.15. The molecule has 3 amide bonds. The van der Waals surface area contributed by atoms with Gasteiger partial charge < -0.3 is 35.7 Å². The molecule has 5 N–H and O–H groups in total. The van der Waals surface area contributed by atoms with Gasteiger partial charge in [0.1, 0.15) is 41.8 Å². The van der Waals surface area contributed by atoms with Crippen LogP contribution in [0.2, 0.25) is 0 Å². The zero-order valence-electron chi connectivity index (χ0n) is 35.6. The van der Waals surface area contributed by atoms with Gasteiger partial charge in [-0.25, -0.2) is 9.97 Å². The molecule has 14 heteroatoms. The van der Waals surface area contributed by atoms with Crippen molar-refractivity contribution in [3.8, 4) is 11.5 Å². The van der Waals surface area contributed by atoms with Gasteiger partial charge in [-0.1, -0.05) is 24.3 Å². The molecule has 4 aliphatic rings. The van der Waals surface area contributed by atoms with Crippen LogP contribution < -0.4 is 26.0 Å². The molecular formula is C48H57N9O5. The normalized spacial score (nSPS) is 18.8. The molecule has 4 fully saturated rings. The molecule has 62 heavy (non-hydrogen) atoms. The Balaban J connectivity index is 0.804. The number of amides is 3. The number of carbonyl (C=O) groups is 4. The maximum absolute atomic E-state index is 13.7. The number of nitrogens with zero attached hydrogens (tertiary/aromatic N) is 5. The molecule has 0 radical (unpaired) electrons. The van der Waals surface area contributed by atoms with Gasteiger partial charge in [0.25, 0.3) is 5.91 Å².